The molecule has 0 heterocycles. The van der Waals surface area contributed by atoms with E-state index in [0.717, 1.165) is 89.9 Å². The van der Waals surface area contributed by atoms with Crippen molar-refractivity contribution >= 4 is 11.9 Å². The number of aliphatic hydroxyl groups excluding tert-OH is 2. The minimum atomic E-state index is -0.859. The molecule has 0 rings (SSSR count). The Balaban J connectivity index is 3.58. The lowest BCUT2D eigenvalue weighted by Crippen LogP contribution is -2.45. The Hall–Kier alpha value is -2.44. The Labute approximate surface area is 358 Å². The summed E-state index contributed by atoms with van der Waals surface area (Å²) in [5.74, 6) is -0.133. The Bertz CT molecular complexity index is 1030. The molecular weight excluding hydrogens is 719 g/mol. The number of rotatable bonds is 44. The van der Waals surface area contributed by atoms with Crippen LogP contribution in [0.25, 0.3) is 0 Å². The zero-order valence-corrected chi connectivity index (χ0v) is 38.0. The Kier molecular flexibility index (Phi) is 45.3. The summed E-state index contributed by atoms with van der Waals surface area (Å²) >= 11 is 0. The summed E-state index contributed by atoms with van der Waals surface area (Å²) in [6, 6.07) is -0.645. The standard InChI is InChI=1S/C52H93NO5/c1-3-5-7-9-11-13-15-17-22-26-30-34-38-42-46-52(57)58-47-43-39-35-31-27-23-20-18-19-21-25-29-33-37-41-45-51(56)53-49(48-54)50(55)44-40-36-32-28-24-16-14-12-10-8-6-4-2/h9,11,15,17-18,20,23,27,40,44,49-50,54-55H,3-8,10,12-14,16,19,21-22,24-26,28-39,41-43,45-48H2,1-2H3,(H,53,56)/b11-9-,17-15-,20-18-,27-23-,44-40+. The van der Waals surface area contributed by atoms with Gasteiger partial charge in [0.2, 0.25) is 5.91 Å². The van der Waals surface area contributed by atoms with E-state index in [2.05, 4.69) is 67.8 Å². The number of carbonyl (C=O) groups is 2. The van der Waals surface area contributed by atoms with Crippen molar-refractivity contribution < 1.29 is 24.5 Å². The molecule has 0 aliphatic heterocycles. The summed E-state index contributed by atoms with van der Waals surface area (Å²) in [6.07, 6.45) is 59.3. The van der Waals surface area contributed by atoms with Gasteiger partial charge in [-0.25, -0.2) is 0 Å². The van der Waals surface area contributed by atoms with Crippen molar-refractivity contribution in [2.45, 2.75) is 244 Å². The summed E-state index contributed by atoms with van der Waals surface area (Å²) in [4.78, 5) is 24.4. The maximum absolute atomic E-state index is 12.4. The van der Waals surface area contributed by atoms with E-state index in [9.17, 15) is 19.8 Å². The summed E-state index contributed by atoms with van der Waals surface area (Å²) < 4.78 is 5.42. The average molecular weight is 812 g/mol. The van der Waals surface area contributed by atoms with Crippen LogP contribution in [0.1, 0.15) is 232 Å². The second-order valence-corrected chi connectivity index (χ2v) is 16.5. The van der Waals surface area contributed by atoms with Gasteiger partial charge in [0.15, 0.2) is 0 Å². The Morgan fingerprint density at radius 1 is 0.500 bits per heavy atom. The minimum Gasteiger partial charge on any atom is -0.466 e. The second kappa shape index (κ2) is 47.2. The van der Waals surface area contributed by atoms with Crippen molar-refractivity contribution in [2.24, 2.45) is 0 Å². The predicted octanol–water partition coefficient (Wildman–Crippen LogP) is 14.5. The number of nitrogens with one attached hydrogen (secondary N) is 1. The van der Waals surface area contributed by atoms with Gasteiger partial charge in [-0.3, -0.25) is 9.59 Å². The third-order valence-electron chi connectivity index (χ3n) is 10.8. The minimum absolute atomic E-state index is 0.0390. The molecule has 0 aromatic carbocycles. The Morgan fingerprint density at radius 3 is 1.47 bits per heavy atom. The van der Waals surface area contributed by atoms with Gasteiger partial charge >= 0.3 is 5.97 Å². The Morgan fingerprint density at radius 2 is 0.931 bits per heavy atom. The SMILES string of the molecule is CCCC/C=C\C/C=C\CCCCCCCC(=O)OCCCCC/C=C\C=C/CCCCCCCCC(=O)NC(CO)C(O)/C=C/CCCCCCCCCCCC. The fraction of sp³-hybridized carbons (Fsp3) is 0.769. The first-order valence-electron chi connectivity index (χ1n) is 24.6. The van der Waals surface area contributed by atoms with Crippen LogP contribution in [0.2, 0.25) is 0 Å². The predicted molar refractivity (Wildman–Crippen MR) is 250 cm³/mol. The van der Waals surface area contributed by atoms with E-state index in [0.29, 0.717) is 19.4 Å². The van der Waals surface area contributed by atoms with E-state index in [-0.39, 0.29) is 18.5 Å². The van der Waals surface area contributed by atoms with Gasteiger partial charge < -0.3 is 20.3 Å². The third kappa shape index (κ3) is 43.1. The molecule has 1 amide bonds. The van der Waals surface area contributed by atoms with E-state index in [4.69, 9.17) is 4.74 Å². The van der Waals surface area contributed by atoms with Crippen molar-refractivity contribution in [1.82, 2.24) is 5.32 Å². The van der Waals surface area contributed by atoms with Gasteiger partial charge in [-0.2, -0.15) is 0 Å². The molecule has 58 heavy (non-hydrogen) atoms. The van der Waals surface area contributed by atoms with Gasteiger partial charge in [-0.05, 0) is 89.9 Å². The highest BCUT2D eigenvalue weighted by atomic mass is 16.5. The number of allylic oxidation sites excluding steroid dienone is 9. The molecule has 0 saturated heterocycles. The monoisotopic (exact) mass is 812 g/mol. The normalized spacial score (nSPS) is 13.2. The molecule has 6 nitrogen and oxygen atoms in total. The highest BCUT2D eigenvalue weighted by Crippen LogP contribution is 2.13. The fourth-order valence-corrected chi connectivity index (χ4v) is 6.93. The van der Waals surface area contributed by atoms with Crippen molar-refractivity contribution in [3.63, 3.8) is 0 Å². The molecule has 2 unspecified atom stereocenters. The molecule has 0 fully saturated rings. The van der Waals surface area contributed by atoms with Gasteiger partial charge in [-0.15, -0.1) is 0 Å². The summed E-state index contributed by atoms with van der Waals surface area (Å²) in [6.45, 7) is 4.77. The van der Waals surface area contributed by atoms with Crippen LogP contribution >= 0.6 is 0 Å². The van der Waals surface area contributed by atoms with Crippen LogP contribution in [0.3, 0.4) is 0 Å². The molecule has 0 radical (unpaired) electrons. The number of unbranched alkanes of at least 4 members (excludes halogenated alkanes) is 26. The number of carbonyl (C=O) groups excluding carboxylic acids is 2. The quantitative estimate of drug-likeness (QED) is 0.0246. The second-order valence-electron chi connectivity index (χ2n) is 16.5. The van der Waals surface area contributed by atoms with Crippen molar-refractivity contribution in [3.05, 3.63) is 60.8 Å². The maximum Gasteiger partial charge on any atom is 0.305 e. The zero-order chi connectivity index (χ0) is 42.3. The molecule has 0 aliphatic rings. The highest BCUT2D eigenvalue weighted by molar-refractivity contribution is 5.76. The van der Waals surface area contributed by atoms with E-state index in [1.165, 1.54) is 116 Å². The molecule has 0 aromatic heterocycles. The lowest BCUT2D eigenvalue weighted by molar-refractivity contribution is -0.143. The highest BCUT2D eigenvalue weighted by Gasteiger charge is 2.18. The smallest absolute Gasteiger partial charge is 0.305 e. The topological polar surface area (TPSA) is 95.9 Å². The van der Waals surface area contributed by atoms with E-state index in [1.807, 2.05) is 6.08 Å². The van der Waals surface area contributed by atoms with Gasteiger partial charge in [-0.1, -0.05) is 190 Å². The van der Waals surface area contributed by atoms with Gasteiger partial charge in [0.05, 0.1) is 25.4 Å². The van der Waals surface area contributed by atoms with Crippen LogP contribution in [0.5, 0.6) is 0 Å². The maximum atomic E-state index is 12.4. The number of hydrogen-bond donors (Lipinski definition) is 3. The molecule has 6 heteroatoms. The van der Waals surface area contributed by atoms with Gasteiger partial charge in [0.1, 0.15) is 0 Å². The van der Waals surface area contributed by atoms with Crippen molar-refractivity contribution in [2.75, 3.05) is 13.2 Å². The lowest BCUT2D eigenvalue weighted by Gasteiger charge is -2.20. The lowest BCUT2D eigenvalue weighted by atomic mass is 10.1. The molecule has 3 N–H and O–H groups in total. The van der Waals surface area contributed by atoms with Gasteiger partial charge in [0, 0.05) is 12.8 Å². The zero-order valence-electron chi connectivity index (χ0n) is 38.0. The molecule has 0 saturated carbocycles. The van der Waals surface area contributed by atoms with Crippen LogP contribution in [-0.2, 0) is 14.3 Å². The van der Waals surface area contributed by atoms with Crippen LogP contribution in [0, 0.1) is 0 Å². The molecule has 336 valence electrons. The molecule has 0 aromatic rings. The number of hydrogen-bond acceptors (Lipinski definition) is 5. The average Bonchev–Trinajstić information content (AvgIpc) is 3.22. The first kappa shape index (κ1) is 55.6. The van der Waals surface area contributed by atoms with Crippen LogP contribution < -0.4 is 5.32 Å². The van der Waals surface area contributed by atoms with E-state index < -0.39 is 12.1 Å². The van der Waals surface area contributed by atoms with Crippen LogP contribution in [-0.4, -0.2) is 47.4 Å². The summed E-state index contributed by atoms with van der Waals surface area (Å²) in [7, 11) is 0. The molecule has 0 spiro atoms. The first-order valence-corrected chi connectivity index (χ1v) is 24.6. The van der Waals surface area contributed by atoms with Crippen LogP contribution in [0.15, 0.2) is 60.8 Å². The molecular formula is C52H93NO5. The fourth-order valence-electron chi connectivity index (χ4n) is 6.93. The molecule has 2 atom stereocenters. The third-order valence-corrected chi connectivity index (χ3v) is 10.8. The van der Waals surface area contributed by atoms with Crippen molar-refractivity contribution in [3.8, 4) is 0 Å². The summed E-state index contributed by atoms with van der Waals surface area (Å²) in [5.41, 5.74) is 0. The number of esters is 1. The number of aliphatic hydroxyl groups is 2. The summed E-state index contributed by atoms with van der Waals surface area (Å²) in [5, 5.41) is 23.0. The van der Waals surface area contributed by atoms with Crippen molar-refractivity contribution in [1.29, 1.82) is 0 Å². The first-order chi connectivity index (χ1) is 28.5. The van der Waals surface area contributed by atoms with E-state index >= 15 is 0 Å². The van der Waals surface area contributed by atoms with E-state index in [1.54, 1.807) is 6.08 Å². The number of ether oxygens (including phenoxy) is 1. The van der Waals surface area contributed by atoms with Crippen LogP contribution in [0.4, 0.5) is 0 Å². The van der Waals surface area contributed by atoms with Gasteiger partial charge in [0.25, 0.3) is 0 Å². The molecule has 0 bridgehead atoms. The number of amides is 1. The molecule has 0 aliphatic carbocycles. The largest absolute Gasteiger partial charge is 0.466 e.